The summed E-state index contributed by atoms with van der Waals surface area (Å²) >= 11 is 12.2. The van der Waals surface area contributed by atoms with Gasteiger partial charge < -0.3 is 14.5 Å². The van der Waals surface area contributed by atoms with Crippen LogP contribution >= 0.6 is 23.2 Å². The van der Waals surface area contributed by atoms with Gasteiger partial charge in [0, 0.05) is 19.7 Å². The summed E-state index contributed by atoms with van der Waals surface area (Å²) in [6.07, 6.45) is 1.62. The van der Waals surface area contributed by atoms with E-state index in [0.717, 1.165) is 0 Å². The molecule has 0 bridgehead atoms. The fraction of sp³-hybridized carbons (Fsp3) is 0.364. The van der Waals surface area contributed by atoms with Crippen LogP contribution in [0.5, 0.6) is 11.5 Å². The van der Waals surface area contributed by atoms with Crippen LogP contribution in [0.3, 0.4) is 0 Å². The number of ether oxygens (including phenoxy) is 2. The normalized spacial score (nSPS) is 10.7. The van der Waals surface area contributed by atoms with Gasteiger partial charge in [-0.15, -0.1) is 0 Å². The molecule has 0 unspecified atom stereocenters. The fourth-order valence-corrected chi connectivity index (χ4v) is 1.97. The summed E-state index contributed by atoms with van der Waals surface area (Å²) in [5.74, 6) is 0.880. The van der Waals surface area contributed by atoms with Gasteiger partial charge in [0.2, 0.25) is 0 Å². The van der Waals surface area contributed by atoms with Crippen LogP contribution < -0.4 is 9.47 Å². The van der Waals surface area contributed by atoms with Crippen molar-refractivity contribution in [1.82, 2.24) is 5.01 Å². The van der Waals surface area contributed by atoms with Crippen molar-refractivity contribution in [2.45, 2.75) is 0 Å². The van der Waals surface area contributed by atoms with Gasteiger partial charge in [-0.3, -0.25) is 0 Å². The van der Waals surface area contributed by atoms with Gasteiger partial charge in [0.1, 0.15) is 10.8 Å². The second-order valence-corrected chi connectivity index (χ2v) is 4.21. The van der Waals surface area contributed by atoms with Crippen molar-refractivity contribution in [2.75, 3.05) is 28.3 Å². The van der Waals surface area contributed by atoms with Crippen LogP contribution in [0, 0.1) is 0 Å². The minimum atomic E-state index is 0.336. The van der Waals surface area contributed by atoms with Gasteiger partial charge in [0.05, 0.1) is 25.5 Å². The maximum absolute atomic E-state index is 6.13. The van der Waals surface area contributed by atoms with E-state index >= 15 is 0 Å². The molecule has 0 aromatic heterocycles. The van der Waals surface area contributed by atoms with Gasteiger partial charge >= 0.3 is 0 Å². The highest BCUT2D eigenvalue weighted by molar-refractivity contribution is 6.38. The molecule has 17 heavy (non-hydrogen) atoms. The highest BCUT2D eigenvalue weighted by atomic mass is 35.5. The molecule has 1 rings (SSSR count). The van der Waals surface area contributed by atoms with Gasteiger partial charge in [0.25, 0.3) is 0 Å². The largest absolute Gasteiger partial charge is 0.494 e. The first-order valence-electron chi connectivity index (χ1n) is 4.82. The van der Waals surface area contributed by atoms with Crippen LogP contribution in [-0.2, 0) is 0 Å². The van der Waals surface area contributed by atoms with Gasteiger partial charge in [-0.2, -0.15) is 5.10 Å². The van der Waals surface area contributed by atoms with Gasteiger partial charge in [-0.05, 0) is 6.07 Å². The molecule has 94 valence electrons. The molecule has 0 fully saturated rings. The molecule has 1 aromatic carbocycles. The van der Waals surface area contributed by atoms with Crippen LogP contribution in [0.1, 0.15) is 5.56 Å². The molecule has 0 saturated carbocycles. The average molecular weight is 277 g/mol. The summed E-state index contributed by atoms with van der Waals surface area (Å²) < 4.78 is 10.3. The SMILES string of the molecule is COc1c(Cl)cc(/C=N/N(C)C)c(OC)c1Cl. The fourth-order valence-electron chi connectivity index (χ4n) is 1.27. The molecule has 0 aliphatic rings. The smallest absolute Gasteiger partial charge is 0.159 e. The highest BCUT2D eigenvalue weighted by Crippen LogP contribution is 2.41. The Bertz CT molecular complexity index is 434. The van der Waals surface area contributed by atoms with E-state index in [0.29, 0.717) is 27.1 Å². The van der Waals surface area contributed by atoms with E-state index in [-0.39, 0.29) is 0 Å². The number of hydrazone groups is 1. The van der Waals surface area contributed by atoms with E-state index in [1.54, 1.807) is 17.3 Å². The lowest BCUT2D eigenvalue weighted by Gasteiger charge is -2.13. The first kappa shape index (κ1) is 13.9. The second-order valence-electron chi connectivity index (χ2n) is 3.42. The molecule has 0 amide bonds. The zero-order chi connectivity index (χ0) is 13.0. The summed E-state index contributed by atoms with van der Waals surface area (Å²) in [4.78, 5) is 0. The van der Waals surface area contributed by atoms with Crippen molar-refractivity contribution in [2.24, 2.45) is 5.10 Å². The van der Waals surface area contributed by atoms with Crippen molar-refractivity contribution >= 4 is 29.4 Å². The maximum atomic E-state index is 6.13. The van der Waals surface area contributed by atoms with E-state index in [1.807, 2.05) is 14.1 Å². The lowest BCUT2D eigenvalue weighted by Crippen LogP contribution is -2.03. The number of hydrogen-bond donors (Lipinski definition) is 0. The average Bonchev–Trinajstić information content (AvgIpc) is 2.26. The number of hydrogen-bond acceptors (Lipinski definition) is 4. The van der Waals surface area contributed by atoms with Crippen LogP contribution in [0.15, 0.2) is 11.2 Å². The minimum Gasteiger partial charge on any atom is -0.494 e. The van der Waals surface area contributed by atoms with Crippen LogP contribution in [0.4, 0.5) is 0 Å². The lowest BCUT2D eigenvalue weighted by atomic mass is 10.2. The molecule has 0 saturated heterocycles. The quantitative estimate of drug-likeness (QED) is 0.627. The Balaban J connectivity index is 3.31. The predicted molar refractivity (Wildman–Crippen MR) is 70.8 cm³/mol. The summed E-state index contributed by atoms with van der Waals surface area (Å²) in [6.45, 7) is 0. The van der Waals surface area contributed by atoms with Crippen LogP contribution in [0.2, 0.25) is 10.0 Å². The molecule has 0 aliphatic heterocycles. The Labute approximate surface area is 111 Å². The van der Waals surface area contributed by atoms with E-state index in [9.17, 15) is 0 Å². The summed E-state index contributed by atoms with van der Waals surface area (Å²) in [7, 11) is 6.66. The van der Waals surface area contributed by atoms with E-state index in [2.05, 4.69) is 5.10 Å². The topological polar surface area (TPSA) is 34.1 Å². The summed E-state index contributed by atoms with van der Waals surface area (Å²) in [5.41, 5.74) is 0.692. The molecule has 4 nitrogen and oxygen atoms in total. The molecule has 0 N–H and O–H groups in total. The summed E-state index contributed by atoms with van der Waals surface area (Å²) in [6, 6.07) is 1.69. The van der Waals surface area contributed by atoms with Crippen molar-refractivity contribution in [3.05, 3.63) is 21.7 Å². The lowest BCUT2D eigenvalue weighted by molar-refractivity contribution is 0.394. The Morgan fingerprint density at radius 2 is 1.76 bits per heavy atom. The van der Waals surface area contributed by atoms with Crippen molar-refractivity contribution < 1.29 is 9.47 Å². The monoisotopic (exact) mass is 276 g/mol. The van der Waals surface area contributed by atoms with E-state index in [4.69, 9.17) is 32.7 Å². The van der Waals surface area contributed by atoms with E-state index in [1.165, 1.54) is 14.2 Å². The Hall–Kier alpha value is -1.13. The second kappa shape index (κ2) is 5.98. The third-order valence-electron chi connectivity index (χ3n) is 2.00. The first-order chi connectivity index (χ1) is 8.01. The highest BCUT2D eigenvalue weighted by Gasteiger charge is 2.16. The van der Waals surface area contributed by atoms with Gasteiger partial charge in [-0.25, -0.2) is 0 Å². The molecule has 1 aromatic rings. The van der Waals surface area contributed by atoms with Crippen LogP contribution in [0.25, 0.3) is 0 Å². The third kappa shape index (κ3) is 3.17. The van der Waals surface area contributed by atoms with Crippen LogP contribution in [-0.4, -0.2) is 39.5 Å². The minimum absolute atomic E-state index is 0.336. The Morgan fingerprint density at radius 3 is 2.24 bits per heavy atom. The summed E-state index contributed by atoms with van der Waals surface area (Å²) in [5, 5.41) is 6.52. The van der Waals surface area contributed by atoms with Crippen molar-refractivity contribution in [1.29, 1.82) is 0 Å². The number of nitrogens with zero attached hydrogens (tertiary/aromatic N) is 2. The molecular formula is C11H14Cl2N2O2. The maximum Gasteiger partial charge on any atom is 0.159 e. The molecule has 0 aliphatic carbocycles. The van der Waals surface area contributed by atoms with Gasteiger partial charge in [0.15, 0.2) is 5.75 Å². The molecule has 0 heterocycles. The number of rotatable bonds is 4. The third-order valence-corrected chi connectivity index (χ3v) is 2.62. The predicted octanol–water partition coefficient (Wildman–Crippen LogP) is 2.91. The molecule has 0 atom stereocenters. The standard InChI is InChI=1S/C11H14Cl2N2O2/c1-15(2)14-6-7-5-8(12)11(17-4)9(13)10(7)16-3/h5-6H,1-4H3/b14-6+. The molecular weight excluding hydrogens is 263 g/mol. The number of benzene rings is 1. The zero-order valence-corrected chi connectivity index (χ0v) is 11.6. The number of methoxy groups -OCH3 is 2. The zero-order valence-electron chi connectivity index (χ0n) is 10.1. The molecule has 6 heteroatoms. The van der Waals surface area contributed by atoms with E-state index < -0.39 is 0 Å². The Morgan fingerprint density at radius 1 is 1.18 bits per heavy atom. The molecule has 0 spiro atoms. The van der Waals surface area contributed by atoms with Crippen molar-refractivity contribution in [3.63, 3.8) is 0 Å². The Kier molecular flexibility index (Phi) is 4.90. The molecule has 0 radical (unpaired) electrons. The van der Waals surface area contributed by atoms with Gasteiger partial charge in [-0.1, -0.05) is 23.2 Å². The number of halogens is 2. The van der Waals surface area contributed by atoms with Crippen molar-refractivity contribution in [3.8, 4) is 11.5 Å². The first-order valence-corrected chi connectivity index (χ1v) is 5.58.